The van der Waals surface area contributed by atoms with Crippen LogP contribution in [0, 0.1) is 12.7 Å². The fourth-order valence-electron chi connectivity index (χ4n) is 2.60. The Morgan fingerprint density at radius 1 is 1.05 bits per heavy atom. The molecule has 0 saturated heterocycles. The topological polar surface area (TPSA) is 29.1 Å². The molecule has 0 fully saturated rings. The highest BCUT2D eigenvalue weighted by Crippen LogP contribution is 2.18. The van der Waals surface area contributed by atoms with Crippen LogP contribution in [0.1, 0.15) is 21.5 Å². The Kier molecular flexibility index (Phi) is 3.88. The quantitative estimate of drug-likeness (QED) is 0.769. The van der Waals surface area contributed by atoms with Crippen molar-refractivity contribution >= 4 is 16.7 Å². The highest BCUT2D eigenvalue weighted by molar-refractivity contribution is 5.96. The average Bonchev–Trinajstić information content (AvgIpc) is 2.52. The lowest BCUT2D eigenvalue weighted by molar-refractivity contribution is 0.0950. The van der Waals surface area contributed by atoms with Crippen molar-refractivity contribution in [3.05, 3.63) is 83.2 Å². The van der Waals surface area contributed by atoms with E-state index in [9.17, 15) is 9.18 Å². The smallest absolute Gasteiger partial charge is 0.251 e. The van der Waals surface area contributed by atoms with Crippen LogP contribution in [0.25, 0.3) is 10.8 Å². The van der Waals surface area contributed by atoms with Crippen molar-refractivity contribution in [2.75, 3.05) is 0 Å². The summed E-state index contributed by atoms with van der Waals surface area (Å²) < 4.78 is 13.1. The number of rotatable bonds is 3. The monoisotopic (exact) mass is 293 g/mol. The second kappa shape index (κ2) is 5.98. The molecule has 3 aromatic carbocycles. The summed E-state index contributed by atoms with van der Waals surface area (Å²) in [7, 11) is 0. The van der Waals surface area contributed by atoms with Crippen molar-refractivity contribution in [2.24, 2.45) is 0 Å². The van der Waals surface area contributed by atoms with Crippen LogP contribution in [0.4, 0.5) is 4.39 Å². The summed E-state index contributed by atoms with van der Waals surface area (Å²) in [4.78, 5) is 12.3. The Morgan fingerprint density at radius 2 is 1.82 bits per heavy atom. The molecule has 0 atom stereocenters. The molecule has 3 aromatic rings. The number of carbonyl (C=O) groups is 1. The van der Waals surface area contributed by atoms with Gasteiger partial charge in [0.15, 0.2) is 0 Å². The minimum Gasteiger partial charge on any atom is -0.348 e. The molecule has 2 nitrogen and oxygen atoms in total. The summed E-state index contributed by atoms with van der Waals surface area (Å²) in [5, 5.41) is 5.18. The number of hydrogen-bond donors (Lipinski definition) is 1. The number of hydrogen-bond acceptors (Lipinski definition) is 1. The first kappa shape index (κ1) is 14.3. The zero-order valence-corrected chi connectivity index (χ0v) is 12.3. The molecule has 0 saturated carbocycles. The van der Waals surface area contributed by atoms with Gasteiger partial charge in [-0.2, -0.15) is 0 Å². The fourth-order valence-corrected chi connectivity index (χ4v) is 2.60. The predicted molar refractivity (Wildman–Crippen MR) is 86.3 cm³/mol. The Labute approximate surface area is 128 Å². The van der Waals surface area contributed by atoms with Crippen LogP contribution < -0.4 is 5.32 Å². The van der Waals surface area contributed by atoms with E-state index < -0.39 is 0 Å². The minimum absolute atomic E-state index is 0.189. The van der Waals surface area contributed by atoms with Gasteiger partial charge in [-0.25, -0.2) is 4.39 Å². The van der Waals surface area contributed by atoms with Crippen molar-refractivity contribution in [3.8, 4) is 0 Å². The number of nitrogens with one attached hydrogen (secondary N) is 1. The minimum atomic E-state index is -0.330. The SMILES string of the molecule is Cc1cc(F)ccc1C(=O)NCc1cccc2ccccc12. The maximum Gasteiger partial charge on any atom is 0.251 e. The van der Waals surface area contributed by atoms with E-state index in [1.807, 2.05) is 42.5 Å². The normalized spacial score (nSPS) is 10.6. The van der Waals surface area contributed by atoms with E-state index >= 15 is 0 Å². The number of benzene rings is 3. The summed E-state index contributed by atoms with van der Waals surface area (Å²) in [6.07, 6.45) is 0. The van der Waals surface area contributed by atoms with Gasteiger partial charge in [-0.3, -0.25) is 4.79 Å². The van der Waals surface area contributed by atoms with Gasteiger partial charge in [0.1, 0.15) is 5.82 Å². The third-order valence-electron chi connectivity index (χ3n) is 3.75. The largest absolute Gasteiger partial charge is 0.348 e. The summed E-state index contributed by atoms with van der Waals surface area (Å²) >= 11 is 0. The molecule has 1 amide bonds. The van der Waals surface area contributed by atoms with E-state index in [0.29, 0.717) is 17.7 Å². The van der Waals surface area contributed by atoms with E-state index in [-0.39, 0.29) is 11.7 Å². The van der Waals surface area contributed by atoms with Gasteiger partial charge in [-0.1, -0.05) is 42.5 Å². The first-order valence-electron chi connectivity index (χ1n) is 7.16. The van der Waals surface area contributed by atoms with Gasteiger partial charge in [0.05, 0.1) is 0 Å². The standard InChI is InChI=1S/C19H16FNO/c1-13-11-16(20)9-10-17(13)19(22)21-12-15-7-4-6-14-5-2-3-8-18(14)15/h2-11H,12H2,1H3,(H,21,22). The lowest BCUT2D eigenvalue weighted by atomic mass is 10.0. The van der Waals surface area contributed by atoms with Crippen molar-refractivity contribution in [2.45, 2.75) is 13.5 Å². The van der Waals surface area contributed by atoms with Gasteiger partial charge in [0, 0.05) is 12.1 Å². The van der Waals surface area contributed by atoms with Crippen LogP contribution in [0.5, 0.6) is 0 Å². The molecule has 0 spiro atoms. The Morgan fingerprint density at radius 3 is 2.64 bits per heavy atom. The van der Waals surface area contributed by atoms with E-state index in [1.54, 1.807) is 6.92 Å². The average molecular weight is 293 g/mol. The second-order valence-electron chi connectivity index (χ2n) is 5.28. The van der Waals surface area contributed by atoms with Crippen molar-refractivity contribution in [1.29, 1.82) is 0 Å². The second-order valence-corrected chi connectivity index (χ2v) is 5.28. The summed E-state index contributed by atoms with van der Waals surface area (Å²) in [5.74, 6) is -0.520. The van der Waals surface area contributed by atoms with Gasteiger partial charge in [0.2, 0.25) is 0 Å². The van der Waals surface area contributed by atoms with Gasteiger partial charge in [-0.15, -0.1) is 0 Å². The zero-order valence-electron chi connectivity index (χ0n) is 12.3. The third-order valence-corrected chi connectivity index (χ3v) is 3.75. The third kappa shape index (κ3) is 2.84. The van der Waals surface area contributed by atoms with Crippen molar-refractivity contribution in [3.63, 3.8) is 0 Å². The van der Waals surface area contributed by atoms with Crippen LogP contribution in [-0.2, 0) is 6.54 Å². The van der Waals surface area contributed by atoms with E-state index in [1.165, 1.54) is 18.2 Å². The van der Waals surface area contributed by atoms with Gasteiger partial charge < -0.3 is 5.32 Å². The Hall–Kier alpha value is -2.68. The molecule has 0 unspecified atom stereocenters. The van der Waals surface area contributed by atoms with Crippen LogP contribution in [0.2, 0.25) is 0 Å². The Bertz CT molecular complexity index is 836. The summed E-state index contributed by atoms with van der Waals surface area (Å²) in [6, 6.07) is 18.3. The molecule has 0 aliphatic rings. The highest BCUT2D eigenvalue weighted by atomic mass is 19.1. The molecule has 0 bridgehead atoms. The number of aryl methyl sites for hydroxylation is 1. The van der Waals surface area contributed by atoms with Crippen LogP contribution >= 0.6 is 0 Å². The molecule has 1 N–H and O–H groups in total. The number of fused-ring (bicyclic) bond motifs is 1. The first-order valence-corrected chi connectivity index (χ1v) is 7.16. The molecule has 110 valence electrons. The molecule has 3 heteroatoms. The molecule has 22 heavy (non-hydrogen) atoms. The lowest BCUT2D eigenvalue weighted by Crippen LogP contribution is -2.23. The summed E-state index contributed by atoms with van der Waals surface area (Å²) in [5.41, 5.74) is 2.20. The van der Waals surface area contributed by atoms with E-state index in [4.69, 9.17) is 0 Å². The van der Waals surface area contributed by atoms with Crippen LogP contribution in [-0.4, -0.2) is 5.91 Å². The zero-order chi connectivity index (χ0) is 15.5. The highest BCUT2D eigenvalue weighted by Gasteiger charge is 2.10. The van der Waals surface area contributed by atoms with Crippen molar-refractivity contribution in [1.82, 2.24) is 5.32 Å². The maximum absolute atomic E-state index is 13.1. The number of amides is 1. The van der Waals surface area contributed by atoms with Gasteiger partial charge in [-0.05, 0) is 47.0 Å². The molecule has 0 aromatic heterocycles. The van der Waals surface area contributed by atoms with E-state index in [2.05, 4.69) is 5.32 Å². The molecular weight excluding hydrogens is 277 g/mol. The maximum atomic E-state index is 13.1. The molecule has 0 aliphatic carbocycles. The fraction of sp³-hybridized carbons (Fsp3) is 0.105. The molecule has 0 heterocycles. The van der Waals surface area contributed by atoms with Gasteiger partial charge in [0.25, 0.3) is 5.91 Å². The first-order chi connectivity index (χ1) is 10.6. The molecule has 0 radical (unpaired) electrons. The van der Waals surface area contributed by atoms with Crippen LogP contribution in [0.15, 0.2) is 60.7 Å². The summed E-state index contributed by atoms with van der Waals surface area (Å²) in [6.45, 7) is 2.17. The van der Waals surface area contributed by atoms with Crippen molar-refractivity contribution < 1.29 is 9.18 Å². The number of halogens is 1. The molecular formula is C19H16FNO. The Balaban J connectivity index is 1.80. The molecule has 3 rings (SSSR count). The van der Waals surface area contributed by atoms with E-state index in [0.717, 1.165) is 16.3 Å². The predicted octanol–water partition coefficient (Wildman–Crippen LogP) is 4.22. The molecule has 0 aliphatic heterocycles. The number of carbonyl (C=O) groups excluding carboxylic acids is 1. The lowest BCUT2D eigenvalue weighted by Gasteiger charge is -2.10. The van der Waals surface area contributed by atoms with Gasteiger partial charge >= 0.3 is 0 Å². The van der Waals surface area contributed by atoms with Crippen LogP contribution in [0.3, 0.4) is 0 Å².